The van der Waals surface area contributed by atoms with Gasteiger partial charge in [-0.2, -0.15) is 0 Å². The van der Waals surface area contributed by atoms with Gasteiger partial charge in [0.25, 0.3) is 11.8 Å². The van der Waals surface area contributed by atoms with Gasteiger partial charge in [-0.3, -0.25) is 14.0 Å². The molecule has 1 aliphatic heterocycles. The van der Waals surface area contributed by atoms with Crippen LogP contribution >= 0.6 is 11.3 Å². The molecule has 1 saturated heterocycles. The molecule has 0 saturated carbocycles. The summed E-state index contributed by atoms with van der Waals surface area (Å²) >= 11 is 1.41. The number of hydrogen-bond acceptors (Lipinski definition) is 7. The van der Waals surface area contributed by atoms with Crippen molar-refractivity contribution in [2.24, 2.45) is 0 Å². The molecule has 5 rings (SSSR count). The van der Waals surface area contributed by atoms with Gasteiger partial charge in [0, 0.05) is 35.4 Å². The van der Waals surface area contributed by atoms with Gasteiger partial charge in [0.1, 0.15) is 28.7 Å². The van der Waals surface area contributed by atoms with Crippen LogP contribution in [0.2, 0.25) is 0 Å². The van der Waals surface area contributed by atoms with Crippen molar-refractivity contribution < 1.29 is 9.59 Å². The lowest BCUT2D eigenvalue weighted by Gasteiger charge is -2.21. The highest BCUT2D eigenvalue weighted by Crippen LogP contribution is 2.36. The SMILES string of the molecule is CC#CC(=O)N1CCCC1c1nc(-c2ccc(C(=O)Nc3cscn3)cc2)c2c(N)nccn12. The van der Waals surface area contributed by atoms with Crippen molar-refractivity contribution in [3.63, 3.8) is 0 Å². The molecule has 3 aromatic heterocycles. The van der Waals surface area contributed by atoms with Crippen LogP contribution in [0.5, 0.6) is 0 Å². The van der Waals surface area contributed by atoms with Crippen LogP contribution in [-0.4, -0.2) is 42.6 Å². The maximum atomic E-state index is 12.6. The quantitative estimate of drug-likeness (QED) is 0.441. The monoisotopic (exact) mass is 471 g/mol. The number of carbonyl (C=O) groups excluding carboxylic acids is 2. The molecule has 34 heavy (non-hydrogen) atoms. The van der Waals surface area contributed by atoms with Gasteiger partial charge < -0.3 is 16.0 Å². The number of amides is 2. The van der Waals surface area contributed by atoms with Crippen LogP contribution in [0.25, 0.3) is 16.8 Å². The molecule has 1 unspecified atom stereocenters. The van der Waals surface area contributed by atoms with Gasteiger partial charge in [-0.05, 0) is 37.8 Å². The first-order valence-corrected chi connectivity index (χ1v) is 11.7. The maximum Gasteiger partial charge on any atom is 0.299 e. The van der Waals surface area contributed by atoms with E-state index in [2.05, 4.69) is 27.1 Å². The van der Waals surface area contributed by atoms with E-state index in [1.54, 1.807) is 47.2 Å². The van der Waals surface area contributed by atoms with Crippen molar-refractivity contribution in [1.29, 1.82) is 0 Å². The average Bonchev–Trinajstić information content (AvgIpc) is 3.59. The Morgan fingerprint density at radius 3 is 2.79 bits per heavy atom. The molecule has 170 valence electrons. The van der Waals surface area contributed by atoms with Crippen molar-refractivity contribution in [3.8, 4) is 23.1 Å². The molecule has 1 atom stereocenters. The fourth-order valence-corrected chi connectivity index (χ4v) is 4.71. The Bertz CT molecular complexity index is 1430. The number of imidazole rings is 1. The summed E-state index contributed by atoms with van der Waals surface area (Å²) in [6.45, 7) is 2.28. The van der Waals surface area contributed by atoms with Gasteiger partial charge in [0.15, 0.2) is 0 Å². The first kappa shape index (κ1) is 21.6. The number of nitrogens with zero attached hydrogens (tertiary/aromatic N) is 5. The van der Waals surface area contributed by atoms with Crippen molar-refractivity contribution in [3.05, 3.63) is 58.9 Å². The van der Waals surface area contributed by atoms with Crippen LogP contribution in [0.1, 0.15) is 42.0 Å². The van der Waals surface area contributed by atoms with Gasteiger partial charge in [0.05, 0.1) is 11.6 Å². The second kappa shape index (κ2) is 8.96. The van der Waals surface area contributed by atoms with Crippen molar-refractivity contribution >= 4 is 40.3 Å². The fourth-order valence-electron chi connectivity index (χ4n) is 4.22. The van der Waals surface area contributed by atoms with Crippen molar-refractivity contribution in [1.82, 2.24) is 24.3 Å². The Labute approximate surface area is 199 Å². The summed E-state index contributed by atoms with van der Waals surface area (Å²) in [6.07, 6.45) is 5.08. The normalized spacial score (nSPS) is 15.2. The van der Waals surface area contributed by atoms with Crippen LogP contribution in [-0.2, 0) is 4.79 Å². The minimum absolute atomic E-state index is 0.208. The molecule has 0 radical (unpaired) electrons. The predicted octanol–water partition coefficient (Wildman–Crippen LogP) is 3.37. The summed E-state index contributed by atoms with van der Waals surface area (Å²) in [4.78, 5) is 40.1. The summed E-state index contributed by atoms with van der Waals surface area (Å²) in [6, 6.07) is 6.91. The highest BCUT2D eigenvalue weighted by atomic mass is 32.1. The number of likely N-dealkylation sites (tertiary alicyclic amines) is 1. The predicted molar refractivity (Wildman–Crippen MR) is 130 cm³/mol. The van der Waals surface area contributed by atoms with E-state index in [9.17, 15) is 9.59 Å². The number of carbonyl (C=O) groups is 2. The smallest absolute Gasteiger partial charge is 0.299 e. The van der Waals surface area contributed by atoms with E-state index in [1.807, 2.05) is 16.5 Å². The Balaban J connectivity index is 1.52. The van der Waals surface area contributed by atoms with Gasteiger partial charge in [-0.15, -0.1) is 11.3 Å². The van der Waals surface area contributed by atoms with Crippen LogP contribution in [0, 0.1) is 11.8 Å². The van der Waals surface area contributed by atoms with E-state index in [4.69, 9.17) is 10.7 Å². The second-order valence-corrected chi connectivity index (χ2v) is 8.51. The third-order valence-corrected chi connectivity index (χ3v) is 6.33. The molecule has 2 amide bonds. The molecule has 10 heteroatoms. The number of thiazole rings is 1. The minimum atomic E-state index is -0.244. The molecule has 1 aromatic carbocycles. The van der Waals surface area contributed by atoms with E-state index in [1.165, 1.54) is 11.3 Å². The molecule has 4 heterocycles. The van der Waals surface area contributed by atoms with Crippen LogP contribution in [0.15, 0.2) is 47.5 Å². The summed E-state index contributed by atoms with van der Waals surface area (Å²) in [5, 5.41) is 4.53. The molecular weight excluding hydrogens is 450 g/mol. The number of nitrogens with one attached hydrogen (secondary N) is 1. The molecule has 0 spiro atoms. The average molecular weight is 472 g/mol. The minimum Gasteiger partial charge on any atom is -0.382 e. The number of anilines is 2. The third kappa shape index (κ3) is 3.86. The first-order valence-electron chi connectivity index (χ1n) is 10.7. The highest BCUT2D eigenvalue weighted by Gasteiger charge is 2.33. The molecule has 4 aromatic rings. The van der Waals surface area contributed by atoms with Gasteiger partial charge >= 0.3 is 0 Å². The lowest BCUT2D eigenvalue weighted by atomic mass is 10.1. The zero-order valence-corrected chi connectivity index (χ0v) is 19.2. The molecule has 3 N–H and O–H groups in total. The van der Waals surface area contributed by atoms with Crippen LogP contribution in [0.4, 0.5) is 11.6 Å². The topological polar surface area (TPSA) is 119 Å². The number of nitrogens with two attached hydrogens (primary N) is 1. The highest BCUT2D eigenvalue weighted by molar-refractivity contribution is 7.07. The Hall–Kier alpha value is -4.23. The first-order chi connectivity index (χ1) is 16.6. The summed E-state index contributed by atoms with van der Waals surface area (Å²) in [5.41, 5.74) is 10.5. The summed E-state index contributed by atoms with van der Waals surface area (Å²) < 4.78 is 1.90. The molecule has 0 aliphatic carbocycles. The number of hydrogen-bond donors (Lipinski definition) is 2. The fraction of sp³-hybridized carbons (Fsp3) is 0.208. The van der Waals surface area contributed by atoms with E-state index < -0.39 is 0 Å². The number of fused-ring (bicyclic) bond motifs is 1. The zero-order valence-electron chi connectivity index (χ0n) is 18.4. The Kier molecular flexibility index (Phi) is 5.69. The molecule has 1 fully saturated rings. The lowest BCUT2D eigenvalue weighted by molar-refractivity contribution is -0.126. The van der Waals surface area contributed by atoms with Crippen LogP contribution < -0.4 is 11.1 Å². The van der Waals surface area contributed by atoms with E-state index in [-0.39, 0.29) is 17.9 Å². The van der Waals surface area contributed by atoms with Gasteiger partial charge in [-0.25, -0.2) is 15.0 Å². The number of aromatic nitrogens is 4. The summed E-state index contributed by atoms with van der Waals surface area (Å²) in [7, 11) is 0. The maximum absolute atomic E-state index is 12.6. The molecular formula is C24H21N7O2S. The van der Waals surface area contributed by atoms with Crippen molar-refractivity contribution in [2.45, 2.75) is 25.8 Å². The number of rotatable bonds is 4. The number of nitrogen functional groups attached to an aromatic ring is 1. The summed E-state index contributed by atoms with van der Waals surface area (Å²) in [5.74, 6) is 6.45. The van der Waals surface area contributed by atoms with Crippen LogP contribution in [0.3, 0.4) is 0 Å². The Morgan fingerprint density at radius 1 is 1.24 bits per heavy atom. The molecule has 9 nitrogen and oxygen atoms in total. The number of benzene rings is 1. The second-order valence-electron chi connectivity index (χ2n) is 7.79. The van der Waals surface area contributed by atoms with Gasteiger partial charge in [0.2, 0.25) is 0 Å². The zero-order chi connectivity index (χ0) is 23.7. The van der Waals surface area contributed by atoms with Gasteiger partial charge in [-0.1, -0.05) is 18.1 Å². The largest absolute Gasteiger partial charge is 0.382 e. The lowest BCUT2D eigenvalue weighted by Crippen LogP contribution is -2.30. The molecule has 0 bridgehead atoms. The molecule has 1 aliphatic rings. The van der Waals surface area contributed by atoms with Crippen molar-refractivity contribution in [2.75, 3.05) is 17.6 Å². The van der Waals surface area contributed by atoms with E-state index in [0.717, 1.165) is 18.4 Å². The standard InChI is InChI=1S/C24H21N7O2S/c1-2-4-19(32)30-11-3-5-17(30)23-29-20(21-22(25)26-10-12-31(21)23)15-6-8-16(9-7-15)24(33)28-18-13-34-14-27-18/h6-10,12-14,17H,3,5,11H2,1H3,(H2,25,26)(H,28,33). The Morgan fingerprint density at radius 2 is 2.06 bits per heavy atom. The van der Waals surface area contributed by atoms with E-state index in [0.29, 0.717) is 40.8 Å². The third-order valence-electron chi connectivity index (χ3n) is 5.75. The van der Waals surface area contributed by atoms with E-state index >= 15 is 0 Å².